The number of nitrogens with one attached hydrogen (secondary N) is 1. The van der Waals surface area contributed by atoms with Crippen LogP contribution < -0.4 is 5.32 Å². The van der Waals surface area contributed by atoms with Gasteiger partial charge in [0.15, 0.2) is 0 Å². The van der Waals surface area contributed by atoms with Crippen molar-refractivity contribution in [2.24, 2.45) is 0 Å². The molecule has 2 aromatic carbocycles. The number of fused-ring (bicyclic) bond motifs is 1. The van der Waals surface area contributed by atoms with E-state index < -0.39 is 0 Å². The van der Waals surface area contributed by atoms with Crippen LogP contribution in [0, 0.1) is 0 Å². The van der Waals surface area contributed by atoms with Gasteiger partial charge in [0.1, 0.15) is 5.75 Å². The summed E-state index contributed by atoms with van der Waals surface area (Å²) in [6.45, 7) is 0. The van der Waals surface area contributed by atoms with Crippen LogP contribution in [0.25, 0.3) is 22.0 Å². The first kappa shape index (κ1) is 11.5. The Morgan fingerprint density at radius 3 is 2.74 bits per heavy atom. The van der Waals surface area contributed by atoms with Gasteiger partial charge in [-0.15, -0.1) is 0 Å². The van der Waals surface area contributed by atoms with Crippen LogP contribution in [0.1, 0.15) is 0 Å². The molecule has 1 aromatic heterocycles. The molecule has 19 heavy (non-hydrogen) atoms. The predicted octanol–water partition coefficient (Wildman–Crippen LogP) is 3.04. The summed E-state index contributed by atoms with van der Waals surface area (Å²) in [6.07, 6.45) is 1.70. The molecule has 0 aliphatic heterocycles. The zero-order valence-corrected chi connectivity index (χ0v) is 10.5. The molecule has 0 bridgehead atoms. The monoisotopic (exact) mass is 251 g/mol. The van der Waals surface area contributed by atoms with Gasteiger partial charge in [-0.1, -0.05) is 24.3 Å². The third kappa shape index (κ3) is 1.97. The number of aromatic hydroxyl groups is 1. The molecule has 2 N–H and O–H groups in total. The fourth-order valence-corrected chi connectivity index (χ4v) is 2.14. The van der Waals surface area contributed by atoms with Crippen molar-refractivity contribution in [3.63, 3.8) is 0 Å². The molecule has 0 aliphatic carbocycles. The Bertz CT molecular complexity index is 740. The number of aromatic nitrogens is 2. The highest BCUT2D eigenvalue weighted by Crippen LogP contribution is 2.31. The maximum absolute atomic E-state index is 9.89. The fraction of sp³-hybridized carbons (Fsp3) is 0.0667. The number of para-hydroxylation sites is 1. The van der Waals surface area contributed by atoms with Gasteiger partial charge in [-0.25, -0.2) is 0 Å². The van der Waals surface area contributed by atoms with Gasteiger partial charge >= 0.3 is 0 Å². The number of nitrogens with zero attached hydrogens (tertiary/aromatic N) is 2. The quantitative estimate of drug-likeness (QED) is 0.735. The Morgan fingerprint density at radius 2 is 1.95 bits per heavy atom. The Kier molecular flexibility index (Phi) is 2.76. The van der Waals surface area contributed by atoms with Gasteiger partial charge in [0.05, 0.1) is 17.4 Å². The summed E-state index contributed by atoms with van der Waals surface area (Å²) in [6, 6.07) is 13.1. The smallest absolute Gasteiger partial charge is 0.123 e. The molecule has 0 saturated carbocycles. The Morgan fingerprint density at radius 1 is 1.11 bits per heavy atom. The lowest BCUT2D eigenvalue weighted by Crippen LogP contribution is -1.93. The van der Waals surface area contributed by atoms with E-state index >= 15 is 0 Å². The van der Waals surface area contributed by atoms with E-state index in [1.807, 2.05) is 37.4 Å². The summed E-state index contributed by atoms with van der Waals surface area (Å²) in [7, 11) is 1.85. The van der Waals surface area contributed by atoms with E-state index in [9.17, 15) is 5.11 Å². The van der Waals surface area contributed by atoms with Crippen molar-refractivity contribution in [3.8, 4) is 16.9 Å². The number of benzene rings is 2. The average molecular weight is 251 g/mol. The molecule has 3 rings (SSSR count). The first-order valence-corrected chi connectivity index (χ1v) is 6.01. The predicted molar refractivity (Wildman–Crippen MR) is 76.2 cm³/mol. The first-order chi connectivity index (χ1) is 9.29. The standard InChI is InChI=1S/C15H13N3O/c1-16-14-9-17-18-13-8-10(6-7-12(13)14)11-4-2-3-5-15(11)19/h2-9,19H,1H3,(H,16,18). The lowest BCUT2D eigenvalue weighted by molar-refractivity contribution is 0.477. The van der Waals surface area contributed by atoms with Crippen LogP contribution >= 0.6 is 0 Å². The molecular weight excluding hydrogens is 238 g/mol. The molecule has 0 spiro atoms. The summed E-state index contributed by atoms with van der Waals surface area (Å²) in [5.41, 5.74) is 3.45. The third-order valence-electron chi connectivity index (χ3n) is 3.12. The number of rotatable bonds is 2. The molecule has 0 amide bonds. The van der Waals surface area contributed by atoms with Gasteiger partial charge in [-0.2, -0.15) is 10.2 Å². The Labute approximate surface area is 110 Å². The van der Waals surface area contributed by atoms with E-state index in [-0.39, 0.29) is 5.75 Å². The number of hydrogen-bond acceptors (Lipinski definition) is 4. The van der Waals surface area contributed by atoms with Gasteiger partial charge in [-0.05, 0) is 23.8 Å². The second-order valence-corrected chi connectivity index (χ2v) is 4.26. The molecule has 0 radical (unpaired) electrons. The molecule has 3 aromatic rings. The molecule has 0 aliphatic rings. The summed E-state index contributed by atoms with van der Waals surface area (Å²) < 4.78 is 0. The van der Waals surface area contributed by atoms with Gasteiger partial charge < -0.3 is 10.4 Å². The van der Waals surface area contributed by atoms with E-state index in [4.69, 9.17) is 0 Å². The van der Waals surface area contributed by atoms with Crippen molar-refractivity contribution in [2.75, 3.05) is 12.4 Å². The molecular formula is C15H13N3O. The minimum absolute atomic E-state index is 0.264. The number of anilines is 1. The molecule has 4 nitrogen and oxygen atoms in total. The van der Waals surface area contributed by atoms with Crippen LogP contribution in [-0.2, 0) is 0 Å². The van der Waals surface area contributed by atoms with Gasteiger partial charge in [-0.3, -0.25) is 0 Å². The van der Waals surface area contributed by atoms with Gasteiger partial charge in [0, 0.05) is 18.0 Å². The van der Waals surface area contributed by atoms with Gasteiger partial charge in [0.25, 0.3) is 0 Å². The normalized spacial score (nSPS) is 10.6. The lowest BCUT2D eigenvalue weighted by atomic mass is 10.0. The van der Waals surface area contributed by atoms with Crippen LogP contribution in [0.15, 0.2) is 48.7 Å². The summed E-state index contributed by atoms with van der Waals surface area (Å²) in [5.74, 6) is 0.264. The molecule has 4 heteroatoms. The zero-order valence-electron chi connectivity index (χ0n) is 10.5. The minimum Gasteiger partial charge on any atom is -0.507 e. The number of phenols is 1. The lowest BCUT2D eigenvalue weighted by Gasteiger charge is -2.07. The third-order valence-corrected chi connectivity index (χ3v) is 3.12. The SMILES string of the molecule is CNc1cnnc2cc(-c3ccccc3O)ccc12. The van der Waals surface area contributed by atoms with Crippen LogP contribution in [0.3, 0.4) is 0 Å². The second kappa shape index (κ2) is 4.57. The minimum atomic E-state index is 0.264. The molecule has 0 atom stereocenters. The fourth-order valence-electron chi connectivity index (χ4n) is 2.14. The van der Waals surface area contributed by atoms with Crippen molar-refractivity contribution < 1.29 is 5.11 Å². The molecule has 0 saturated heterocycles. The Balaban J connectivity index is 2.20. The van der Waals surface area contributed by atoms with Crippen molar-refractivity contribution in [2.45, 2.75) is 0 Å². The van der Waals surface area contributed by atoms with Crippen molar-refractivity contribution in [3.05, 3.63) is 48.7 Å². The highest BCUT2D eigenvalue weighted by molar-refractivity contribution is 5.93. The second-order valence-electron chi connectivity index (χ2n) is 4.26. The highest BCUT2D eigenvalue weighted by atomic mass is 16.3. The van der Waals surface area contributed by atoms with E-state index in [2.05, 4.69) is 15.5 Å². The summed E-state index contributed by atoms with van der Waals surface area (Å²) in [4.78, 5) is 0. The maximum Gasteiger partial charge on any atom is 0.123 e. The molecule has 0 fully saturated rings. The highest BCUT2D eigenvalue weighted by Gasteiger charge is 2.06. The van der Waals surface area contributed by atoms with Crippen molar-refractivity contribution in [1.29, 1.82) is 0 Å². The largest absolute Gasteiger partial charge is 0.507 e. The Hall–Kier alpha value is -2.62. The molecule has 0 unspecified atom stereocenters. The number of phenolic OH excluding ortho intramolecular Hbond substituents is 1. The van der Waals surface area contributed by atoms with E-state index in [1.165, 1.54) is 0 Å². The van der Waals surface area contributed by atoms with Crippen LogP contribution in [0.2, 0.25) is 0 Å². The zero-order chi connectivity index (χ0) is 13.2. The van der Waals surface area contributed by atoms with E-state index in [0.29, 0.717) is 0 Å². The average Bonchev–Trinajstić information content (AvgIpc) is 2.46. The topological polar surface area (TPSA) is 58.0 Å². The van der Waals surface area contributed by atoms with Crippen molar-refractivity contribution in [1.82, 2.24) is 10.2 Å². The maximum atomic E-state index is 9.89. The van der Waals surface area contributed by atoms with Crippen LogP contribution in [0.4, 0.5) is 5.69 Å². The molecule has 1 heterocycles. The van der Waals surface area contributed by atoms with E-state index in [0.717, 1.165) is 27.7 Å². The number of hydrogen-bond donors (Lipinski definition) is 2. The van der Waals surface area contributed by atoms with E-state index in [1.54, 1.807) is 18.3 Å². The van der Waals surface area contributed by atoms with Crippen LogP contribution in [0.5, 0.6) is 5.75 Å². The molecule has 94 valence electrons. The van der Waals surface area contributed by atoms with Crippen molar-refractivity contribution >= 4 is 16.6 Å². The van der Waals surface area contributed by atoms with Crippen LogP contribution in [-0.4, -0.2) is 22.4 Å². The summed E-state index contributed by atoms with van der Waals surface area (Å²) >= 11 is 0. The van der Waals surface area contributed by atoms with Gasteiger partial charge in [0.2, 0.25) is 0 Å². The first-order valence-electron chi connectivity index (χ1n) is 6.01. The summed E-state index contributed by atoms with van der Waals surface area (Å²) in [5, 5.41) is 22.1.